The fourth-order valence-electron chi connectivity index (χ4n) is 3.35. The van der Waals surface area contributed by atoms with Gasteiger partial charge in [0.2, 0.25) is 0 Å². The third kappa shape index (κ3) is 4.73. The fraction of sp³-hybridized carbons (Fsp3) is 0.304. The zero-order valence-electron chi connectivity index (χ0n) is 18.5. The summed E-state index contributed by atoms with van der Waals surface area (Å²) in [5.74, 6) is -4.25. The number of benzene rings is 2. The first kappa shape index (κ1) is 23.3. The molecule has 11 heteroatoms. The lowest BCUT2D eigenvalue weighted by Crippen LogP contribution is -2.38. The smallest absolute Gasteiger partial charge is 0.415 e. The van der Waals surface area contributed by atoms with Crippen LogP contribution in [-0.2, 0) is 4.74 Å². The van der Waals surface area contributed by atoms with Crippen molar-refractivity contribution in [1.82, 2.24) is 4.98 Å². The van der Waals surface area contributed by atoms with E-state index in [4.69, 9.17) is 9.47 Å². The van der Waals surface area contributed by atoms with Crippen molar-refractivity contribution in [2.24, 2.45) is 0 Å². The van der Waals surface area contributed by atoms with Crippen molar-refractivity contribution < 1.29 is 32.4 Å². The van der Waals surface area contributed by atoms with Crippen molar-refractivity contribution in [3.8, 4) is 11.5 Å². The molecule has 0 saturated heterocycles. The Labute approximate surface area is 192 Å². The first-order valence-corrected chi connectivity index (χ1v) is 10.4. The molecule has 34 heavy (non-hydrogen) atoms. The molecule has 1 saturated carbocycles. The molecule has 1 aliphatic carbocycles. The molecule has 1 heterocycles. The SMILES string of the molecule is CC(C)(C)OC(=O)N(c1cc2c(Oc3c(F)cc([N+](=O)[O-])cc3F)ccnc2cc1F)C1CC1. The van der Waals surface area contributed by atoms with Crippen LogP contribution in [0.3, 0.4) is 0 Å². The Kier molecular flexibility index (Phi) is 5.80. The van der Waals surface area contributed by atoms with E-state index in [2.05, 4.69) is 4.98 Å². The number of ether oxygens (including phenoxy) is 2. The number of amides is 1. The topological polar surface area (TPSA) is 94.8 Å². The summed E-state index contributed by atoms with van der Waals surface area (Å²) in [7, 11) is 0. The summed E-state index contributed by atoms with van der Waals surface area (Å²) in [6.45, 7) is 5.07. The van der Waals surface area contributed by atoms with E-state index >= 15 is 4.39 Å². The molecular formula is C23H20F3N3O5. The largest absolute Gasteiger partial charge is 0.450 e. The summed E-state index contributed by atoms with van der Waals surface area (Å²) in [6, 6.07) is 4.50. The molecular weight excluding hydrogens is 455 g/mol. The second kappa shape index (κ2) is 8.47. The van der Waals surface area contributed by atoms with Gasteiger partial charge in [0.1, 0.15) is 17.2 Å². The van der Waals surface area contributed by atoms with Crippen LogP contribution in [0.1, 0.15) is 33.6 Å². The average Bonchev–Trinajstić information content (AvgIpc) is 3.55. The lowest BCUT2D eigenvalue weighted by atomic mass is 10.1. The Morgan fingerprint density at radius 3 is 2.32 bits per heavy atom. The van der Waals surface area contributed by atoms with Crippen LogP contribution in [0.5, 0.6) is 11.5 Å². The lowest BCUT2D eigenvalue weighted by molar-refractivity contribution is -0.385. The molecule has 0 N–H and O–H groups in total. The number of carbonyl (C=O) groups is 1. The van der Waals surface area contributed by atoms with Gasteiger partial charge in [0.15, 0.2) is 17.4 Å². The number of hydrogen-bond donors (Lipinski definition) is 0. The number of aromatic nitrogens is 1. The van der Waals surface area contributed by atoms with E-state index in [0.29, 0.717) is 25.0 Å². The van der Waals surface area contributed by atoms with Gasteiger partial charge >= 0.3 is 6.09 Å². The number of carbonyl (C=O) groups excluding carboxylic acids is 1. The van der Waals surface area contributed by atoms with Gasteiger partial charge in [0.25, 0.3) is 5.69 Å². The number of non-ortho nitro benzene ring substituents is 1. The van der Waals surface area contributed by atoms with E-state index in [9.17, 15) is 23.7 Å². The third-order valence-electron chi connectivity index (χ3n) is 4.94. The number of hydrogen-bond acceptors (Lipinski definition) is 6. The molecule has 0 aliphatic heterocycles. The summed E-state index contributed by atoms with van der Waals surface area (Å²) in [6.07, 6.45) is 1.84. The van der Waals surface area contributed by atoms with Crippen molar-refractivity contribution in [3.63, 3.8) is 0 Å². The Morgan fingerprint density at radius 1 is 1.12 bits per heavy atom. The number of rotatable bonds is 5. The molecule has 0 spiro atoms. The number of pyridine rings is 1. The number of nitro groups is 1. The van der Waals surface area contributed by atoms with Crippen molar-refractivity contribution in [1.29, 1.82) is 0 Å². The third-order valence-corrected chi connectivity index (χ3v) is 4.94. The zero-order valence-corrected chi connectivity index (χ0v) is 18.5. The van der Waals surface area contributed by atoms with Crippen molar-refractivity contribution in [2.75, 3.05) is 4.90 Å². The molecule has 1 fully saturated rings. The van der Waals surface area contributed by atoms with Gasteiger partial charge in [-0.15, -0.1) is 0 Å². The highest BCUT2D eigenvalue weighted by atomic mass is 19.1. The van der Waals surface area contributed by atoms with Crippen LogP contribution < -0.4 is 9.64 Å². The van der Waals surface area contributed by atoms with Gasteiger partial charge in [-0.2, -0.15) is 0 Å². The van der Waals surface area contributed by atoms with E-state index in [0.717, 1.165) is 6.07 Å². The van der Waals surface area contributed by atoms with Gasteiger partial charge in [-0.05, 0) is 45.7 Å². The maximum atomic E-state index is 15.0. The summed E-state index contributed by atoms with van der Waals surface area (Å²) in [4.78, 5) is 28.0. The minimum Gasteiger partial charge on any atom is -0.450 e. The summed E-state index contributed by atoms with van der Waals surface area (Å²) >= 11 is 0. The minimum absolute atomic E-state index is 0.0853. The maximum absolute atomic E-state index is 15.0. The minimum atomic E-state index is -1.28. The van der Waals surface area contributed by atoms with Crippen molar-refractivity contribution in [2.45, 2.75) is 45.3 Å². The number of halogens is 3. The molecule has 1 aromatic heterocycles. The number of fused-ring (bicyclic) bond motifs is 1. The second-order valence-corrected chi connectivity index (χ2v) is 8.81. The van der Waals surface area contributed by atoms with Crippen LogP contribution in [0.15, 0.2) is 36.5 Å². The molecule has 0 bridgehead atoms. The Hall–Kier alpha value is -3.89. The number of anilines is 1. The van der Waals surface area contributed by atoms with E-state index in [1.165, 1.54) is 23.2 Å². The molecule has 3 aromatic rings. The van der Waals surface area contributed by atoms with Crippen molar-refractivity contribution >= 4 is 28.4 Å². The summed E-state index contributed by atoms with van der Waals surface area (Å²) in [5, 5.41) is 11.0. The average molecular weight is 475 g/mol. The van der Waals surface area contributed by atoms with Crippen LogP contribution in [-0.4, -0.2) is 27.6 Å². The first-order chi connectivity index (χ1) is 15.9. The van der Waals surface area contributed by atoms with Crippen LogP contribution >= 0.6 is 0 Å². The quantitative estimate of drug-likeness (QED) is 0.319. The van der Waals surface area contributed by atoms with E-state index in [1.807, 2.05) is 0 Å². The highest BCUT2D eigenvalue weighted by Gasteiger charge is 2.38. The molecule has 178 valence electrons. The molecule has 8 nitrogen and oxygen atoms in total. The maximum Gasteiger partial charge on any atom is 0.415 e. The standard InChI is InChI=1S/C23H20F3N3O5/c1-23(2,3)34-22(30)28(12-4-5-12)19-10-14-18(11-15(19)24)27-7-6-20(14)33-21-16(25)8-13(29(31)32)9-17(21)26/h6-12H,4-5H2,1-3H3. The van der Waals surface area contributed by atoms with Gasteiger partial charge < -0.3 is 9.47 Å². The van der Waals surface area contributed by atoms with Gasteiger partial charge in [0.05, 0.1) is 28.3 Å². The fourth-order valence-corrected chi connectivity index (χ4v) is 3.35. The second-order valence-electron chi connectivity index (χ2n) is 8.81. The summed E-state index contributed by atoms with van der Waals surface area (Å²) in [5.41, 5.74) is -1.56. The normalized spacial score (nSPS) is 13.6. The predicted octanol–water partition coefficient (Wildman–Crippen LogP) is 6.26. The first-order valence-electron chi connectivity index (χ1n) is 10.4. The van der Waals surface area contributed by atoms with E-state index < -0.39 is 45.5 Å². The number of nitro benzene ring substituents is 1. The molecule has 0 radical (unpaired) electrons. The van der Waals surface area contributed by atoms with Gasteiger partial charge in [-0.1, -0.05) is 0 Å². The van der Waals surface area contributed by atoms with E-state index in [1.54, 1.807) is 20.8 Å². The molecule has 0 unspecified atom stereocenters. The van der Waals surface area contributed by atoms with Crippen LogP contribution in [0.2, 0.25) is 0 Å². The highest BCUT2D eigenvalue weighted by molar-refractivity contribution is 5.95. The van der Waals surface area contributed by atoms with Gasteiger partial charge in [-0.3, -0.25) is 20.0 Å². The summed E-state index contributed by atoms with van der Waals surface area (Å²) < 4.78 is 54.7. The Balaban J connectivity index is 1.78. The monoisotopic (exact) mass is 475 g/mol. The molecule has 0 atom stereocenters. The van der Waals surface area contributed by atoms with E-state index in [-0.39, 0.29) is 28.4 Å². The van der Waals surface area contributed by atoms with Gasteiger partial charge in [0, 0.05) is 23.7 Å². The predicted molar refractivity (Wildman–Crippen MR) is 117 cm³/mol. The van der Waals surface area contributed by atoms with Crippen LogP contribution in [0.25, 0.3) is 10.9 Å². The van der Waals surface area contributed by atoms with Crippen molar-refractivity contribution in [3.05, 3.63) is 64.1 Å². The molecule has 1 amide bonds. The van der Waals surface area contributed by atoms with Crippen LogP contribution in [0, 0.1) is 27.6 Å². The molecule has 2 aromatic carbocycles. The Morgan fingerprint density at radius 2 is 1.76 bits per heavy atom. The zero-order chi connectivity index (χ0) is 24.8. The Bertz CT molecular complexity index is 1280. The number of nitrogens with zero attached hydrogens (tertiary/aromatic N) is 3. The van der Waals surface area contributed by atoms with Crippen LogP contribution in [0.4, 0.5) is 29.3 Å². The van der Waals surface area contributed by atoms with Gasteiger partial charge in [-0.25, -0.2) is 18.0 Å². The highest BCUT2D eigenvalue weighted by Crippen LogP contribution is 2.39. The molecule has 1 aliphatic rings. The molecule has 4 rings (SSSR count). The lowest BCUT2D eigenvalue weighted by Gasteiger charge is -2.28.